The van der Waals surface area contributed by atoms with Crippen molar-refractivity contribution in [1.29, 1.82) is 0 Å². The third-order valence-electron chi connectivity index (χ3n) is 4.19. The fourth-order valence-corrected chi connectivity index (χ4v) is 4.26. The Balaban J connectivity index is 1.93. The fraction of sp³-hybridized carbons (Fsp3) is 0.867. The molecule has 23 heavy (non-hydrogen) atoms. The summed E-state index contributed by atoms with van der Waals surface area (Å²) in [6, 6.07) is -0.240. The zero-order valence-corrected chi connectivity index (χ0v) is 14.8. The first-order valence-electron chi connectivity index (χ1n) is 8.06. The van der Waals surface area contributed by atoms with Crippen molar-refractivity contribution in [1.82, 2.24) is 10.2 Å². The van der Waals surface area contributed by atoms with E-state index in [1.165, 1.54) is 0 Å². The molecule has 0 aromatic rings. The van der Waals surface area contributed by atoms with Crippen LogP contribution in [0.3, 0.4) is 0 Å². The first-order chi connectivity index (χ1) is 10.6. The second-order valence-corrected chi connectivity index (χ2v) is 9.57. The van der Waals surface area contributed by atoms with E-state index in [2.05, 4.69) is 5.32 Å². The molecule has 1 saturated carbocycles. The minimum Gasteiger partial charge on any atom is -0.444 e. The van der Waals surface area contributed by atoms with Crippen LogP contribution < -0.4 is 5.32 Å². The van der Waals surface area contributed by atoms with Gasteiger partial charge in [0.1, 0.15) is 5.60 Å². The molecule has 0 bridgehead atoms. The molecule has 7 nitrogen and oxygen atoms in total. The molecule has 8 heteroatoms. The summed E-state index contributed by atoms with van der Waals surface area (Å²) in [6.45, 7) is 5.86. The van der Waals surface area contributed by atoms with Crippen LogP contribution in [-0.2, 0) is 19.4 Å². The van der Waals surface area contributed by atoms with Gasteiger partial charge in [0, 0.05) is 19.1 Å². The number of carbonyl (C=O) groups excluding carboxylic acids is 2. The molecule has 2 rings (SSSR count). The lowest BCUT2D eigenvalue weighted by atomic mass is 10.0. The minimum absolute atomic E-state index is 0.0234. The van der Waals surface area contributed by atoms with E-state index in [4.69, 9.17) is 4.74 Å². The minimum atomic E-state index is -3.01. The molecule has 2 amide bonds. The largest absolute Gasteiger partial charge is 0.444 e. The van der Waals surface area contributed by atoms with E-state index < -0.39 is 21.5 Å². The molecular formula is C15H26N2O5S. The Kier molecular flexibility index (Phi) is 5.23. The van der Waals surface area contributed by atoms with Crippen LogP contribution in [-0.4, -0.2) is 61.6 Å². The van der Waals surface area contributed by atoms with Crippen molar-refractivity contribution in [3.05, 3.63) is 0 Å². The third kappa shape index (κ3) is 5.09. The van der Waals surface area contributed by atoms with Gasteiger partial charge in [0.25, 0.3) is 0 Å². The van der Waals surface area contributed by atoms with Gasteiger partial charge in [0.05, 0.1) is 17.4 Å². The van der Waals surface area contributed by atoms with Crippen molar-refractivity contribution in [2.75, 3.05) is 24.6 Å². The van der Waals surface area contributed by atoms with Gasteiger partial charge in [-0.2, -0.15) is 0 Å². The van der Waals surface area contributed by atoms with E-state index in [1.54, 1.807) is 25.7 Å². The van der Waals surface area contributed by atoms with Crippen molar-refractivity contribution in [3.63, 3.8) is 0 Å². The maximum absolute atomic E-state index is 12.6. The van der Waals surface area contributed by atoms with Gasteiger partial charge < -0.3 is 15.0 Å². The summed E-state index contributed by atoms with van der Waals surface area (Å²) in [7, 11) is -3.01. The Morgan fingerprint density at radius 1 is 1.13 bits per heavy atom. The summed E-state index contributed by atoms with van der Waals surface area (Å²) in [5, 5.41) is 2.79. The predicted molar refractivity (Wildman–Crippen MR) is 85.7 cm³/mol. The van der Waals surface area contributed by atoms with E-state index in [0.717, 1.165) is 12.8 Å². The van der Waals surface area contributed by atoms with Gasteiger partial charge in [0.15, 0.2) is 9.84 Å². The predicted octanol–water partition coefficient (Wildman–Crippen LogP) is 0.937. The molecule has 0 radical (unpaired) electrons. The van der Waals surface area contributed by atoms with Crippen LogP contribution in [0.1, 0.15) is 40.0 Å². The monoisotopic (exact) mass is 346 g/mol. The third-order valence-corrected chi connectivity index (χ3v) is 5.80. The molecule has 132 valence electrons. The summed E-state index contributed by atoms with van der Waals surface area (Å²) in [6.07, 6.45) is 1.80. The number of nitrogens with one attached hydrogen (secondary N) is 1. The molecule has 1 saturated heterocycles. The maximum Gasteiger partial charge on any atom is 0.407 e. The number of ether oxygens (including phenoxy) is 1. The molecule has 0 aromatic heterocycles. The summed E-state index contributed by atoms with van der Waals surface area (Å²) in [4.78, 5) is 26.1. The standard InChI is InChI=1S/C15H26N2O5S/c1-15(2,3)22-14(19)16-12-6-4-5-11(12)13(18)17-7-9-23(20,21)10-8-17/h11-12H,4-10H2,1-3H3,(H,16,19)/t11-,12-/m0/s1. The van der Waals surface area contributed by atoms with E-state index in [1.807, 2.05) is 0 Å². The second kappa shape index (κ2) is 6.67. The van der Waals surface area contributed by atoms with Gasteiger partial charge >= 0.3 is 6.09 Å². The highest BCUT2D eigenvalue weighted by molar-refractivity contribution is 7.91. The van der Waals surface area contributed by atoms with Crippen molar-refractivity contribution in [2.45, 2.75) is 51.7 Å². The number of amides is 2. The number of carbonyl (C=O) groups is 2. The molecule has 0 aromatic carbocycles. The summed E-state index contributed by atoms with van der Waals surface area (Å²) >= 11 is 0. The Morgan fingerprint density at radius 3 is 2.30 bits per heavy atom. The number of hydrogen-bond acceptors (Lipinski definition) is 5. The molecule has 0 spiro atoms. The highest BCUT2D eigenvalue weighted by atomic mass is 32.2. The van der Waals surface area contributed by atoms with Gasteiger partial charge in [0.2, 0.25) is 5.91 Å². The molecule has 1 aliphatic heterocycles. The molecule has 1 heterocycles. The highest BCUT2D eigenvalue weighted by Gasteiger charge is 2.38. The van der Waals surface area contributed by atoms with Crippen molar-refractivity contribution in [2.24, 2.45) is 5.92 Å². The Morgan fingerprint density at radius 2 is 1.74 bits per heavy atom. The average molecular weight is 346 g/mol. The molecule has 1 aliphatic carbocycles. The topological polar surface area (TPSA) is 92.8 Å². The molecular weight excluding hydrogens is 320 g/mol. The van der Waals surface area contributed by atoms with Crippen LogP contribution in [0.5, 0.6) is 0 Å². The lowest BCUT2D eigenvalue weighted by Crippen LogP contribution is -2.50. The van der Waals surface area contributed by atoms with Crippen molar-refractivity contribution < 1.29 is 22.7 Å². The normalized spacial score (nSPS) is 27.5. The van der Waals surface area contributed by atoms with Crippen LogP contribution in [0.4, 0.5) is 4.79 Å². The molecule has 0 unspecified atom stereocenters. The van der Waals surface area contributed by atoms with E-state index in [0.29, 0.717) is 6.42 Å². The first kappa shape index (κ1) is 18.0. The van der Waals surface area contributed by atoms with E-state index in [-0.39, 0.29) is 42.5 Å². The lowest BCUT2D eigenvalue weighted by Gasteiger charge is -2.31. The Labute approximate surface area is 137 Å². The summed E-state index contributed by atoms with van der Waals surface area (Å²) in [5.74, 6) is -0.299. The van der Waals surface area contributed by atoms with Gasteiger partial charge in [-0.05, 0) is 33.6 Å². The van der Waals surface area contributed by atoms with Crippen molar-refractivity contribution >= 4 is 21.8 Å². The zero-order chi connectivity index (χ0) is 17.3. The SMILES string of the molecule is CC(C)(C)OC(=O)N[C@H]1CCC[C@@H]1C(=O)N1CCS(=O)(=O)CC1. The number of hydrogen-bond donors (Lipinski definition) is 1. The van der Waals surface area contributed by atoms with Crippen LogP contribution in [0.2, 0.25) is 0 Å². The first-order valence-corrected chi connectivity index (χ1v) is 9.88. The van der Waals surface area contributed by atoms with Crippen LogP contribution in [0.15, 0.2) is 0 Å². The Bertz CT molecular complexity index is 553. The van der Waals surface area contributed by atoms with Crippen molar-refractivity contribution in [3.8, 4) is 0 Å². The number of nitrogens with zero attached hydrogens (tertiary/aromatic N) is 1. The van der Waals surface area contributed by atoms with Crippen LogP contribution in [0, 0.1) is 5.92 Å². The fourth-order valence-electron chi connectivity index (χ4n) is 3.05. The lowest BCUT2D eigenvalue weighted by molar-refractivity contribution is -0.135. The van der Waals surface area contributed by atoms with Gasteiger partial charge in [-0.1, -0.05) is 6.42 Å². The maximum atomic E-state index is 12.6. The number of sulfone groups is 1. The molecule has 1 N–H and O–H groups in total. The zero-order valence-electron chi connectivity index (χ0n) is 14.0. The van der Waals surface area contributed by atoms with E-state index in [9.17, 15) is 18.0 Å². The van der Waals surface area contributed by atoms with Gasteiger partial charge in [-0.3, -0.25) is 4.79 Å². The summed E-state index contributed by atoms with van der Waals surface area (Å²) in [5.41, 5.74) is -0.580. The average Bonchev–Trinajstić information content (AvgIpc) is 2.83. The Hall–Kier alpha value is -1.31. The smallest absolute Gasteiger partial charge is 0.407 e. The van der Waals surface area contributed by atoms with E-state index >= 15 is 0 Å². The quantitative estimate of drug-likeness (QED) is 0.803. The van der Waals surface area contributed by atoms with Gasteiger partial charge in [-0.15, -0.1) is 0 Å². The number of rotatable bonds is 2. The molecule has 2 atom stereocenters. The van der Waals surface area contributed by atoms with Crippen LogP contribution in [0.25, 0.3) is 0 Å². The van der Waals surface area contributed by atoms with Gasteiger partial charge in [-0.25, -0.2) is 13.2 Å². The highest BCUT2D eigenvalue weighted by Crippen LogP contribution is 2.28. The summed E-state index contributed by atoms with van der Waals surface area (Å²) < 4.78 is 28.2. The molecule has 2 fully saturated rings. The number of alkyl carbamates (subject to hydrolysis) is 1. The molecule has 2 aliphatic rings. The van der Waals surface area contributed by atoms with Crippen LogP contribution >= 0.6 is 0 Å². The second-order valence-electron chi connectivity index (χ2n) is 7.27.